The zero-order valence-electron chi connectivity index (χ0n) is 23.5. The van der Waals surface area contributed by atoms with Crippen LogP contribution in [0.2, 0.25) is 0 Å². The van der Waals surface area contributed by atoms with Crippen LogP contribution in [-0.4, -0.2) is 52.6 Å². The van der Waals surface area contributed by atoms with Crippen molar-refractivity contribution in [1.82, 2.24) is 9.88 Å². The van der Waals surface area contributed by atoms with Crippen molar-refractivity contribution >= 4 is 46.2 Å². The van der Waals surface area contributed by atoms with E-state index in [1.807, 2.05) is 42.6 Å². The zero-order chi connectivity index (χ0) is 29.9. The van der Waals surface area contributed by atoms with E-state index < -0.39 is 35.6 Å². The summed E-state index contributed by atoms with van der Waals surface area (Å²) in [5.41, 5.74) is 1.56. The molecule has 0 bridgehead atoms. The monoisotopic (exact) mass is 582 g/mol. The highest BCUT2D eigenvalue weighted by Crippen LogP contribution is 2.31. The van der Waals surface area contributed by atoms with Crippen molar-refractivity contribution in [3.63, 3.8) is 0 Å². The molecule has 0 radical (unpaired) electrons. The van der Waals surface area contributed by atoms with Crippen LogP contribution >= 0.6 is 11.3 Å². The number of thiazole rings is 1. The number of anilines is 2. The molecule has 2 heterocycles. The first-order valence-corrected chi connectivity index (χ1v) is 14.3. The van der Waals surface area contributed by atoms with E-state index in [9.17, 15) is 19.2 Å². The van der Waals surface area contributed by atoms with Crippen molar-refractivity contribution in [3.8, 4) is 17.0 Å². The number of carbonyl (C=O) groups is 4. The molecule has 4 aromatic rings. The third-order valence-corrected chi connectivity index (χ3v) is 8.34. The Kier molecular flexibility index (Phi) is 8.17. The molecule has 1 unspecified atom stereocenters. The molecule has 3 aromatic carbocycles. The first kappa shape index (κ1) is 28.7. The molecule has 1 atom stereocenters. The van der Waals surface area contributed by atoms with Gasteiger partial charge in [-0.25, -0.2) is 4.98 Å². The van der Waals surface area contributed by atoms with E-state index in [-0.39, 0.29) is 18.5 Å². The topological polar surface area (TPSA) is 109 Å². The highest BCUT2D eigenvalue weighted by atomic mass is 32.1. The van der Waals surface area contributed by atoms with Crippen molar-refractivity contribution in [3.05, 3.63) is 94.8 Å². The summed E-state index contributed by atoms with van der Waals surface area (Å²) in [6, 6.07) is 23.2. The normalized spacial score (nSPS) is 13.8. The van der Waals surface area contributed by atoms with Gasteiger partial charge in [0.1, 0.15) is 22.8 Å². The van der Waals surface area contributed by atoms with Crippen LogP contribution in [0.3, 0.4) is 0 Å². The molecule has 5 rings (SSSR count). The van der Waals surface area contributed by atoms with Crippen LogP contribution in [0, 0.1) is 0 Å². The number of hydrogen-bond acceptors (Lipinski definition) is 7. The summed E-state index contributed by atoms with van der Waals surface area (Å²) >= 11 is 1.38. The molecule has 0 fully saturated rings. The van der Waals surface area contributed by atoms with Gasteiger partial charge in [-0.1, -0.05) is 49.4 Å². The lowest BCUT2D eigenvalue weighted by Gasteiger charge is -2.39. The Balaban J connectivity index is 1.47. The van der Waals surface area contributed by atoms with Gasteiger partial charge in [0.05, 0.1) is 30.6 Å². The van der Waals surface area contributed by atoms with Gasteiger partial charge in [0.2, 0.25) is 11.8 Å². The summed E-state index contributed by atoms with van der Waals surface area (Å²) in [4.78, 5) is 60.8. The highest BCUT2D eigenvalue weighted by Gasteiger charge is 2.44. The number of ketones is 1. The SMILES string of the molecule is CCC(C)(C(=O)Nc1ccc(OC)cc1)N(Cc1nc(-c2ccccc2)cs1)C(=O)CN1C(=O)C(=O)c2ccccc21. The quantitative estimate of drug-likeness (QED) is 0.258. The Morgan fingerprint density at radius 2 is 1.69 bits per heavy atom. The maximum absolute atomic E-state index is 14.1. The molecule has 9 nitrogen and oxygen atoms in total. The van der Waals surface area contributed by atoms with Gasteiger partial charge in [-0.15, -0.1) is 11.3 Å². The molecule has 1 aliphatic rings. The molecule has 1 aromatic heterocycles. The number of nitrogens with zero attached hydrogens (tertiary/aromatic N) is 3. The number of para-hydroxylation sites is 1. The summed E-state index contributed by atoms with van der Waals surface area (Å²) in [7, 11) is 1.56. The molecule has 0 saturated carbocycles. The summed E-state index contributed by atoms with van der Waals surface area (Å²) in [6.07, 6.45) is 0.279. The van der Waals surface area contributed by atoms with Crippen molar-refractivity contribution < 1.29 is 23.9 Å². The number of ether oxygens (including phenoxy) is 1. The Bertz CT molecular complexity index is 1640. The van der Waals surface area contributed by atoms with Crippen molar-refractivity contribution in [2.75, 3.05) is 23.9 Å². The summed E-state index contributed by atoms with van der Waals surface area (Å²) in [6.45, 7) is 3.16. The first-order valence-electron chi connectivity index (χ1n) is 13.5. The average molecular weight is 583 g/mol. The van der Waals surface area contributed by atoms with E-state index in [4.69, 9.17) is 9.72 Å². The number of benzene rings is 3. The molecule has 42 heavy (non-hydrogen) atoms. The van der Waals surface area contributed by atoms with Gasteiger partial charge in [0, 0.05) is 16.6 Å². The van der Waals surface area contributed by atoms with Crippen LogP contribution in [0.25, 0.3) is 11.3 Å². The maximum atomic E-state index is 14.1. The fraction of sp³-hybridized carbons (Fsp3) is 0.219. The lowest BCUT2D eigenvalue weighted by atomic mass is 9.94. The van der Waals surface area contributed by atoms with Crippen LogP contribution in [-0.2, 0) is 20.9 Å². The minimum absolute atomic E-state index is 0.0360. The predicted octanol–water partition coefficient (Wildman–Crippen LogP) is 5.18. The van der Waals surface area contributed by atoms with Gasteiger partial charge in [-0.2, -0.15) is 0 Å². The van der Waals surface area contributed by atoms with Gasteiger partial charge in [-0.05, 0) is 49.7 Å². The van der Waals surface area contributed by atoms with E-state index in [0.717, 1.165) is 11.3 Å². The lowest BCUT2D eigenvalue weighted by molar-refractivity contribution is -0.145. The summed E-state index contributed by atoms with van der Waals surface area (Å²) < 4.78 is 5.21. The lowest BCUT2D eigenvalue weighted by Crippen LogP contribution is -2.58. The number of carbonyl (C=O) groups excluding carboxylic acids is 4. The molecule has 0 spiro atoms. The maximum Gasteiger partial charge on any atom is 0.299 e. The number of fused-ring (bicyclic) bond motifs is 1. The van der Waals surface area contributed by atoms with Gasteiger partial charge >= 0.3 is 0 Å². The van der Waals surface area contributed by atoms with E-state index >= 15 is 0 Å². The molecule has 1 aliphatic heterocycles. The third-order valence-electron chi connectivity index (χ3n) is 7.51. The summed E-state index contributed by atoms with van der Waals surface area (Å²) in [5.74, 6) is -1.67. The van der Waals surface area contributed by atoms with Crippen LogP contribution in [0.5, 0.6) is 5.75 Å². The van der Waals surface area contributed by atoms with Crippen LogP contribution in [0.1, 0.15) is 35.6 Å². The number of rotatable bonds is 10. The van der Waals surface area contributed by atoms with Crippen molar-refractivity contribution in [1.29, 1.82) is 0 Å². The van der Waals surface area contributed by atoms with Crippen LogP contribution in [0.15, 0.2) is 84.2 Å². The molecule has 0 saturated heterocycles. The molecule has 3 amide bonds. The molecule has 214 valence electrons. The standard InChI is InChI=1S/C32H30N4O5S/c1-4-32(2,31(40)33-22-14-16-23(41-3)17-15-22)36(18-27-34-25(20-42-27)21-10-6-5-7-11-21)28(37)19-35-26-13-9-8-12-24(26)29(38)30(35)39/h5-17,20H,4,18-19H2,1-3H3,(H,33,40). The zero-order valence-corrected chi connectivity index (χ0v) is 24.3. The summed E-state index contributed by atoms with van der Waals surface area (Å²) in [5, 5.41) is 5.46. The van der Waals surface area contributed by atoms with Gasteiger partial charge in [-0.3, -0.25) is 24.1 Å². The molecule has 10 heteroatoms. The Hall–Kier alpha value is -4.83. The second-order valence-corrected chi connectivity index (χ2v) is 11.0. The highest BCUT2D eigenvalue weighted by molar-refractivity contribution is 7.09. The van der Waals surface area contributed by atoms with Crippen LogP contribution in [0.4, 0.5) is 11.4 Å². The predicted molar refractivity (Wildman–Crippen MR) is 162 cm³/mol. The van der Waals surface area contributed by atoms with Crippen molar-refractivity contribution in [2.24, 2.45) is 0 Å². The molecule has 0 aliphatic carbocycles. The van der Waals surface area contributed by atoms with Gasteiger partial charge in [0.25, 0.3) is 11.7 Å². The smallest absolute Gasteiger partial charge is 0.299 e. The number of Topliss-reactive ketones (excluding diaryl/α,β-unsaturated/α-hetero) is 1. The van der Waals surface area contributed by atoms with E-state index in [1.165, 1.54) is 21.1 Å². The number of amides is 3. The fourth-order valence-electron chi connectivity index (χ4n) is 4.84. The second kappa shape index (κ2) is 12.0. The Morgan fingerprint density at radius 3 is 2.38 bits per heavy atom. The third kappa shape index (κ3) is 5.53. The minimum atomic E-state index is -1.32. The van der Waals surface area contributed by atoms with E-state index in [1.54, 1.807) is 62.6 Å². The number of methoxy groups -OCH3 is 1. The Labute approximate surface area is 247 Å². The fourth-order valence-corrected chi connectivity index (χ4v) is 5.63. The average Bonchev–Trinajstić information content (AvgIpc) is 3.59. The number of nitrogens with one attached hydrogen (secondary N) is 1. The van der Waals surface area contributed by atoms with E-state index in [0.29, 0.717) is 22.1 Å². The largest absolute Gasteiger partial charge is 0.497 e. The second-order valence-electron chi connectivity index (χ2n) is 10.0. The number of aromatic nitrogens is 1. The first-order chi connectivity index (χ1) is 20.2. The van der Waals surface area contributed by atoms with E-state index in [2.05, 4.69) is 5.32 Å². The number of hydrogen-bond donors (Lipinski definition) is 1. The minimum Gasteiger partial charge on any atom is -0.497 e. The van der Waals surface area contributed by atoms with Gasteiger partial charge < -0.3 is 15.0 Å². The molecular weight excluding hydrogens is 552 g/mol. The Morgan fingerprint density at radius 1 is 1.00 bits per heavy atom. The van der Waals surface area contributed by atoms with Crippen LogP contribution < -0.4 is 15.0 Å². The van der Waals surface area contributed by atoms with Crippen molar-refractivity contribution in [2.45, 2.75) is 32.4 Å². The molecule has 1 N–H and O–H groups in total. The van der Waals surface area contributed by atoms with Gasteiger partial charge in [0.15, 0.2) is 0 Å². The molecular formula is C32H30N4O5S.